The van der Waals surface area contributed by atoms with Crippen molar-refractivity contribution in [3.63, 3.8) is 0 Å². The van der Waals surface area contributed by atoms with Crippen molar-refractivity contribution in [3.05, 3.63) is 113 Å². The van der Waals surface area contributed by atoms with Crippen molar-refractivity contribution in [1.29, 1.82) is 0 Å². The highest BCUT2D eigenvalue weighted by molar-refractivity contribution is 6.06. The quantitative estimate of drug-likeness (QED) is 0.0864. The first-order chi connectivity index (χ1) is 20.0. The van der Waals surface area contributed by atoms with E-state index in [1.54, 1.807) is 12.1 Å². The van der Waals surface area contributed by atoms with Gasteiger partial charge in [-0.2, -0.15) is 0 Å². The van der Waals surface area contributed by atoms with E-state index >= 15 is 0 Å². The van der Waals surface area contributed by atoms with Gasteiger partial charge >= 0.3 is 0 Å². The number of phenolic OH excluding ortho intramolecular Hbond substituents is 1. The number of fused-ring (bicyclic) bond motifs is 1. The molecular formula is C37H40O4. The second-order valence-corrected chi connectivity index (χ2v) is 10.7. The minimum Gasteiger partial charge on any atom is -0.504 e. The topological polar surface area (TPSA) is 63.6 Å². The molecule has 0 aliphatic heterocycles. The average Bonchev–Trinajstić information content (AvgIpc) is 2.99. The van der Waals surface area contributed by atoms with Crippen molar-refractivity contribution in [2.24, 2.45) is 0 Å². The van der Waals surface area contributed by atoms with Crippen molar-refractivity contribution in [2.75, 3.05) is 7.11 Å². The van der Waals surface area contributed by atoms with Crippen molar-refractivity contribution in [1.82, 2.24) is 0 Å². The molecule has 1 N–H and O–H groups in total. The Labute approximate surface area is 243 Å². The highest BCUT2D eigenvalue weighted by Crippen LogP contribution is 2.34. The number of phenols is 1. The molecule has 4 nitrogen and oxygen atoms in total. The van der Waals surface area contributed by atoms with Crippen LogP contribution in [0.1, 0.15) is 73.6 Å². The molecule has 0 atom stereocenters. The molecular weight excluding hydrogens is 508 g/mol. The van der Waals surface area contributed by atoms with E-state index in [4.69, 9.17) is 4.74 Å². The fourth-order valence-electron chi connectivity index (χ4n) is 5.18. The molecule has 0 radical (unpaired) electrons. The molecule has 4 rings (SSSR count). The molecule has 0 saturated heterocycles. The lowest BCUT2D eigenvalue weighted by Gasteiger charge is -2.11. The van der Waals surface area contributed by atoms with Gasteiger partial charge in [0.1, 0.15) is 5.78 Å². The van der Waals surface area contributed by atoms with Gasteiger partial charge < -0.3 is 9.84 Å². The predicted molar refractivity (Wildman–Crippen MR) is 168 cm³/mol. The van der Waals surface area contributed by atoms with Crippen molar-refractivity contribution in [3.8, 4) is 11.5 Å². The van der Waals surface area contributed by atoms with Crippen molar-refractivity contribution < 1.29 is 19.4 Å². The van der Waals surface area contributed by atoms with E-state index in [9.17, 15) is 14.7 Å². The van der Waals surface area contributed by atoms with Crippen molar-refractivity contribution >= 4 is 28.4 Å². The summed E-state index contributed by atoms with van der Waals surface area (Å²) < 4.78 is 5.39. The van der Waals surface area contributed by atoms with E-state index in [0.29, 0.717) is 24.2 Å². The molecule has 4 aromatic rings. The van der Waals surface area contributed by atoms with Gasteiger partial charge in [-0.1, -0.05) is 105 Å². The number of carbonyl (C=O) groups is 2. The summed E-state index contributed by atoms with van der Waals surface area (Å²) in [5.74, 6) is 0.227. The molecule has 0 aromatic heterocycles. The summed E-state index contributed by atoms with van der Waals surface area (Å²) in [7, 11) is 1.51. The maximum absolute atomic E-state index is 12.5. The van der Waals surface area contributed by atoms with Gasteiger partial charge in [0, 0.05) is 18.4 Å². The molecule has 0 spiro atoms. The Morgan fingerprint density at radius 1 is 0.756 bits per heavy atom. The SMILES string of the molecule is COc1cc(C=CC(=O)CC(=O)CCCCCCCCc2ccccc2)cc(Cc2ccc3ccccc3c2)c1O. The number of ketones is 2. The fraction of sp³-hybridized carbons (Fsp3) is 0.297. The molecule has 0 aliphatic carbocycles. The van der Waals surface area contributed by atoms with E-state index in [1.165, 1.54) is 38.0 Å². The zero-order valence-corrected chi connectivity index (χ0v) is 24.0. The highest BCUT2D eigenvalue weighted by atomic mass is 16.5. The van der Waals surface area contributed by atoms with E-state index in [1.807, 2.05) is 24.3 Å². The number of rotatable bonds is 16. The Hall–Kier alpha value is -4.18. The van der Waals surface area contributed by atoms with Crippen LogP contribution < -0.4 is 4.74 Å². The predicted octanol–water partition coefficient (Wildman–Crippen LogP) is 8.66. The van der Waals surface area contributed by atoms with Crippen LogP contribution >= 0.6 is 0 Å². The van der Waals surface area contributed by atoms with Crippen LogP contribution in [0.25, 0.3) is 16.8 Å². The number of carbonyl (C=O) groups excluding carboxylic acids is 2. The number of benzene rings is 4. The largest absolute Gasteiger partial charge is 0.504 e. The number of allylic oxidation sites excluding steroid dienone is 1. The van der Waals surface area contributed by atoms with E-state index in [-0.39, 0.29) is 23.7 Å². The Kier molecular flexibility index (Phi) is 11.3. The fourth-order valence-corrected chi connectivity index (χ4v) is 5.18. The Morgan fingerprint density at radius 3 is 2.24 bits per heavy atom. The van der Waals surface area contributed by atoms with Crippen LogP contribution in [0.2, 0.25) is 0 Å². The standard InChI is InChI=1S/C37H40O4/c1-41-36-26-30(25-33(37(36)40)24-29-19-21-31-16-11-12-17-32(31)23-29)20-22-35(39)27-34(38)18-10-5-3-2-4-7-13-28-14-8-6-9-15-28/h6,8-9,11-12,14-17,19-23,25-26,40H,2-5,7,10,13,18,24,27H2,1H3. The molecule has 4 aromatic carbocycles. The third-order valence-corrected chi connectivity index (χ3v) is 7.45. The molecule has 0 amide bonds. The zero-order chi connectivity index (χ0) is 28.9. The van der Waals surface area contributed by atoms with Gasteiger partial charge in [-0.05, 0) is 64.9 Å². The minimum absolute atomic E-state index is 0.0102. The zero-order valence-electron chi connectivity index (χ0n) is 24.0. The van der Waals surface area contributed by atoms with Crippen molar-refractivity contribution in [2.45, 2.75) is 64.2 Å². The lowest BCUT2D eigenvalue weighted by atomic mass is 9.98. The molecule has 0 heterocycles. The van der Waals surface area contributed by atoms with Gasteiger partial charge in [0.15, 0.2) is 17.3 Å². The molecule has 41 heavy (non-hydrogen) atoms. The number of ether oxygens (including phenoxy) is 1. The number of unbranched alkanes of at least 4 members (excludes halogenated alkanes) is 5. The van der Waals surface area contributed by atoms with E-state index in [0.717, 1.165) is 47.6 Å². The monoisotopic (exact) mass is 548 g/mol. The summed E-state index contributed by atoms with van der Waals surface area (Å²) in [5, 5.41) is 13.0. The first-order valence-electron chi connectivity index (χ1n) is 14.7. The van der Waals surface area contributed by atoms with Gasteiger partial charge in [0.05, 0.1) is 13.5 Å². The van der Waals surface area contributed by atoms with Crippen LogP contribution in [0.3, 0.4) is 0 Å². The average molecular weight is 549 g/mol. The summed E-state index contributed by atoms with van der Waals surface area (Å²) in [4.78, 5) is 24.8. The lowest BCUT2D eigenvalue weighted by Crippen LogP contribution is -2.05. The molecule has 0 aliphatic rings. The van der Waals surface area contributed by atoms with Crippen LogP contribution in [0.5, 0.6) is 11.5 Å². The number of methoxy groups -OCH3 is 1. The third kappa shape index (κ3) is 9.46. The summed E-state index contributed by atoms with van der Waals surface area (Å²) in [6.07, 6.45) is 11.7. The van der Waals surface area contributed by atoms with Crippen LogP contribution in [-0.2, 0) is 22.4 Å². The molecule has 0 unspecified atom stereocenters. The summed E-state index contributed by atoms with van der Waals surface area (Å²) in [5.41, 5.74) is 3.91. The maximum Gasteiger partial charge on any atom is 0.163 e. The molecule has 0 saturated carbocycles. The highest BCUT2D eigenvalue weighted by Gasteiger charge is 2.12. The number of hydrogen-bond donors (Lipinski definition) is 1. The molecule has 0 fully saturated rings. The summed E-state index contributed by atoms with van der Waals surface area (Å²) in [6.45, 7) is 0. The summed E-state index contributed by atoms with van der Waals surface area (Å²) >= 11 is 0. The Bertz CT molecular complexity index is 1470. The second kappa shape index (κ2) is 15.6. The van der Waals surface area contributed by atoms with E-state index in [2.05, 4.69) is 54.6 Å². The molecule has 212 valence electrons. The number of aromatic hydroxyl groups is 1. The van der Waals surface area contributed by atoms with Gasteiger partial charge in [0.2, 0.25) is 0 Å². The maximum atomic E-state index is 12.5. The van der Waals surface area contributed by atoms with Gasteiger partial charge in [-0.25, -0.2) is 0 Å². The summed E-state index contributed by atoms with van der Waals surface area (Å²) in [6, 6.07) is 28.5. The first-order valence-corrected chi connectivity index (χ1v) is 14.7. The third-order valence-electron chi connectivity index (χ3n) is 7.45. The van der Waals surface area contributed by atoms with E-state index < -0.39 is 0 Å². The Balaban J connectivity index is 1.22. The van der Waals surface area contributed by atoms with Gasteiger partial charge in [-0.3, -0.25) is 9.59 Å². The second-order valence-electron chi connectivity index (χ2n) is 10.7. The van der Waals surface area contributed by atoms with Crippen LogP contribution in [0, 0.1) is 0 Å². The minimum atomic E-state index is -0.209. The normalized spacial score (nSPS) is 11.2. The van der Waals surface area contributed by atoms with Gasteiger partial charge in [0.25, 0.3) is 0 Å². The molecule has 4 heteroatoms. The van der Waals surface area contributed by atoms with Crippen LogP contribution in [-0.4, -0.2) is 23.8 Å². The van der Waals surface area contributed by atoms with Crippen LogP contribution in [0.4, 0.5) is 0 Å². The van der Waals surface area contributed by atoms with Crippen LogP contribution in [0.15, 0.2) is 91.0 Å². The smallest absolute Gasteiger partial charge is 0.163 e. The molecule has 0 bridgehead atoms. The van der Waals surface area contributed by atoms with Gasteiger partial charge in [-0.15, -0.1) is 0 Å². The lowest BCUT2D eigenvalue weighted by molar-refractivity contribution is -0.124. The number of Topliss-reactive ketones (excluding diaryl/α,β-unsaturated/α-hetero) is 1. The first kappa shape index (κ1) is 29.8. The number of aryl methyl sites for hydroxylation is 1. The number of hydrogen-bond acceptors (Lipinski definition) is 4. The Morgan fingerprint density at radius 2 is 1.46 bits per heavy atom.